The van der Waals surface area contributed by atoms with Crippen LogP contribution in [0.3, 0.4) is 0 Å². The molecule has 0 saturated carbocycles. The summed E-state index contributed by atoms with van der Waals surface area (Å²) in [6.07, 6.45) is 83.6. The van der Waals surface area contributed by atoms with Crippen LogP contribution in [0.5, 0.6) is 0 Å². The van der Waals surface area contributed by atoms with Gasteiger partial charge in [-0.3, -0.25) is 13.8 Å². The fraction of sp³-hybridized carbons (Fsp3) is 0.931. The molecule has 0 aromatic rings. The van der Waals surface area contributed by atoms with E-state index in [4.69, 9.17) is 9.05 Å². The topological polar surface area (TPSA) is 105 Å². The maximum absolute atomic E-state index is 13.0. The van der Waals surface area contributed by atoms with Gasteiger partial charge >= 0.3 is 7.82 Å². The minimum absolute atomic E-state index is 0.0590. The van der Waals surface area contributed by atoms with Crippen LogP contribution in [0, 0.1) is 0 Å². The standard InChI is InChI=1S/C72H143N2O6P/c1-6-8-10-12-14-16-18-20-22-24-26-28-29-30-31-32-33-34-35-36-37-38-39-40-41-42-43-44-46-48-50-52-54-56-58-60-62-64-66-72(76)73-70(69-80-81(77,78)79-68-67-74(3,4)5)71(75)65-63-61-59-57-55-53-51-49-47-45-27-25-23-21-19-17-15-13-11-9-7-2/h55,57,63,65,70-71,75H,6-54,56,58-62,64,66-69H2,1-5H3,(H-,73,76,77,78)/p+1/b57-55+,65-63+. The Bertz CT molecular complexity index is 1370. The molecule has 0 heterocycles. The van der Waals surface area contributed by atoms with Gasteiger partial charge in [0.2, 0.25) is 5.91 Å². The first-order valence-corrected chi connectivity index (χ1v) is 37.7. The lowest BCUT2D eigenvalue weighted by atomic mass is 10.0. The first-order valence-electron chi connectivity index (χ1n) is 36.2. The number of hydrogen-bond donors (Lipinski definition) is 3. The van der Waals surface area contributed by atoms with E-state index in [1.807, 2.05) is 27.2 Å². The smallest absolute Gasteiger partial charge is 0.387 e. The average molecular weight is 1160 g/mol. The minimum atomic E-state index is -4.36. The molecule has 3 unspecified atom stereocenters. The van der Waals surface area contributed by atoms with Gasteiger partial charge in [-0.15, -0.1) is 0 Å². The number of nitrogens with one attached hydrogen (secondary N) is 1. The van der Waals surface area contributed by atoms with Crippen LogP contribution in [0.2, 0.25) is 0 Å². The van der Waals surface area contributed by atoms with E-state index in [1.165, 1.54) is 321 Å². The first-order chi connectivity index (χ1) is 39.5. The molecular formula is C72H144N2O6P+. The highest BCUT2D eigenvalue weighted by atomic mass is 31.2. The molecule has 81 heavy (non-hydrogen) atoms. The second kappa shape index (κ2) is 63.5. The number of phosphoric ester groups is 1. The molecule has 0 aromatic heterocycles. The number of carbonyl (C=O) groups excluding carboxylic acids is 1. The molecule has 0 saturated heterocycles. The summed E-state index contributed by atoms with van der Waals surface area (Å²) in [5.41, 5.74) is 0. The SMILES string of the molecule is CCCCCCCCCCCCCCCCC/C=C/CC/C=C/C(O)C(COP(=O)(O)OCC[N+](C)(C)C)NC(=O)CCCCCCCCCCCCCCCCCCCCCCCCCCCCCCCCCCCCCCCC. The second-order valence-corrected chi connectivity index (χ2v) is 27.8. The summed E-state index contributed by atoms with van der Waals surface area (Å²) in [5.74, 6) is -0.178. The highest BCUT2D eigenvalue weighted by molar-refractivity contribution is 7.47. The summed E-state index contributed by atoms with van der Waals surface area (Å²) in [4.78, 5) is 23.4. The maximum atomic E-state index is 13.0. The van der Waals surface area contributed by atoms with Gasteiger partial charge in [0, 0.05) is 6.42 Å². The summed E-state index contributed by atoms with van der Waals surface area (Å²) in [7, 11) is 1.57. The lowest BCUT2D eigenvalue weighted by Crippen LogP contribution is -2.45. The molecular weight excluding hydrogens is 1020 g/mol. The summed E-state index contributed by atoms with van der Waals surface area (Å²) in [6.45, 7) is 4.86. The number of nitrogens with zero attached hydrogens (tertiary/aromatic N) is 1. The summed E-state index contributed by atoms with van der Waals surface area (Å²) < 4.78 is 23.8. The number of aliphatic hydroxyl groups excluding tert-OH is 1. The molecule has 0 spiro atoms. The van der Waals surface area contributed by atoms with Crippen LogP contribution in [0.15, 0.2) is 24.3 Å². The lowest BCUT2D eigenvalue weighted by molar-refractivity contribution is -0.870. The normalized spacial score (nSPS) is 13.7. The molecule has 0 aliphatic heterocycles. The number of phosphoric acid groups is 1. The van der Waals surface area contributed by atoms with Crippen LogP contribution >= 0.6 is 7.82 Å². The van der Waals surface area contributed by atoms with Crippen molar-refractivity contribution >= 4 is 13.7 Å². The van der Waals surface area contributed by atoms with Gasteiger partial charge in [-0.1, -0.05) is 366 Å². The molecule has 482 valence electrons. The number of likely N-dealkylation sites (N-methyl/N-ethyl adjacent to an activating group) is 1. The van der Waals surface area contributed by atoms with Crippen molar-refractivity contribution in [3.05, 3.63) is 24.3 Å². The van der Waals surface area contributed by atoms with Crippen LogP contribution in [-0.2, 0) is 18.4 Å². The zero-order valence-corrected chi connectivity index (χ0v) is 56.2. The zero-order valence-electron chi connectivity index (χ0n) is 55.3. The second-order valence-electron chi connectivity index (χ2n) is 26.3. The fourth-order valence-electron chi connectivity index (χ4n) is 11.3. The van der Waals surface area contributed by atoms with Crippen LogP contribution in [-0.4, -0.2) is 73.4 Å². The monoisotopic (exact) mass is 1160 g/mol. The van der Waals surface area contributed by atoms with E-state index < -0.39 is 20.0 Å². The molecule has 0 aliphatic rings. The third kappa shape index (κ3) is 66.4. The van der Waals surface area contributed by atoms with Crippen molar-refractivity contribution in [1.82, 2.24) is 5.32 Å². The highest BCUT2D eigenvalue weighted by Crippen LogP contribution is 2.43. The number of amides is 1. The molecule has 0 radical (unpaired) electrons. The minimum Gasteiger partial charge on any atom is -0.387 e. The number of rotatable bonds is 68. The van der Waals surface area contributed by atoms with E-state index in [9.17, 15) is 19.4 Å². The van der Waals surface area contributed by atoms with Gasteiger partial charge in [0.15, 0.2) is 0 Å². The predicted octanol–water partition coefficient (Wildman–Crippen LogP) is 23.1. The molecule has 3 atom stereocenters. The van der Waals surface area contributed by atoms with Crippen molar-refractivity contribution in [3.63, 3.8) is 0 Å². The predicted molar refractivity (Wildman–Crippen MR) is 355 cm³/mol. The number of carbonyl (C=O) groups is 1. The van der Waals surface area contributed by atoms with Gasteiger partial charge in [0.05, 0.1) is 39.9 Å². The van der Waals surface area contributed by atoms with Gasteiger partial charge in [-0.05, 0) is 32.1 Å². The van der Waals surface area contributed by atoms with Gasteiger partial charge in [0.25, 0.3) is 0 Å². The maximum Gasteiger partial charge on any atom is 0.472 e. The van der Waals surface area contributed by atoms with E-state index in [1.54, 1.807) is 6.08 Å². The van der Waals surface area contributed by atoms with E-state index in [2.05, 4.69) is 31.3 Å². The van der Waals surface area contributed by atoms with Crippen LogP contribution in [0.4, 0.5) is 0 Å². The van der Waals surface area contributed by atoms with E-state index >= 15 is 0 Å². The zero-order chi connectivity index (χ0) is 59.1. The van der Waals surface area contributed by atoms with Crippen molar-refractivity contribution in [2.75, 3.05) is 40.9 Å². The molecule has 0 aliphatic carbocycles. The Morgan fingerprint density at radius 3 is 0.988 bits per heavy atom. The van der Waals surface area contributed by atoms with E-state index in [-0.39, 0.29) is 19.1 Å². The molecule has 0 fully saturated rings. The Labute approximate surface area is 506 Å². The molecule has 0 rings (SSSR count). The fourth-order valence-corrected chi connectivity index (χ4v) is 12.0. The number of quaternary nitrogens is 1. The molecule has 1 amide bonds. The van der Waals surface area contributed by atoms with Crippen LogP contribution in [0.25, 0.3) is 0 Å². The third-order valence-corrected chi connectivity index (χ3v) is 17.9. The first kappa shape index (κ1) is 80.0. The Morgan fingerprint density at radius 2 is 0.679 bits per heavy atom. The summed E-state index contributed by atoms with van der Waals surface area (Å²) >= 11 is 0. The van der Waals surface area contributed by atoms with E-state index in [0.717, 1.165) is 38.5 Å². The van der Waals surface area contributed by atoms with E-state index in [0.29, 0.717) is 17.4 Å². The van der Waals surface area contributed by atoms with Gasteiger partial charge < -0.3 is 19.8 Å². The third-order valence-electron chi connectivity index (χ3n) is 16.9. The van der Waals surface area contributed by atoms with Crippen molar-refractivity contribution in [2.45, 2.75) is 392 Å². The van der Waals surface area contributed by atoms with Gasteiger partial charge in [-0.25, -0.2) is 4.57 Å². The average Bonchev–Trinajstić information content (AvgIpc) is 3.43. The molecule has 3 N–H and O–H groups in total. The summed E-state index contributed by atoms with van der Waals surface area (Å²) in [5, 5.41) is 14.0. The molecule has 0 bridgehead atoms. The van der Waals surface area contributed by atoms with Crippen LogP contribution in [0.1, 0.15) is 380 Å². The van der Waals surface area contributed by atoms with Gasteiger partial charge in [-0.2, -0.15) is 0 Å². The Kier molecular flexibility index (Phi) is 62.7. The van der Waals surface area contributed by atoms with Crippen LogP contribution < -0.4 is 5.32 Å². The Morgan fingerprint density at radius 1 is 0.407 bits per heavy atom. The molecule has 8 nitrogen and oxygen atoms in total. The van der Waals surface area contributed by atoms with Crippen molar-refractivity contribution in [2.24, 2.45) is 0 Å². The summed E-state index contributed by atoms with van der Waals surface area (Å²) in [6, 6.07) is -0.861. The number of unbranched alkanes of at least 4 members (excludes halogenated alkanes) is 53. The molecule has 0 aromatic carbocycles. The lowest BCUT2D eigenvalue weighted by Gasteiger charge is -2.25. The Balaban J connectivity index is 3.94. The number of aliphatic hydroxyl groups is 1. The molecule has 9 heteroatoms. The largest absolute Gasteiger partial charge is 0.472 e. The van der Waals surface area contributed by atoms with Gasteiger partial charge in [0.1, 0.15) is 13.2 Å². The Hall–Kier alpha value is -1.02. The number of hydrogen-bond acceptors (Lipinski definition) is 5. The van der Waals surface area contributed by atoms with Crippen molar-refractivity contribution in [3.8, 4) is 0 Å². The number of allylic oxidation sites excluding steroid dienone is 3. The quantitative estimate of drug-likeness (QED) is 0.0243. The van der Waals surface area contributed by atoms with Crippen molar-refractivity contribution < 1.29 is 32.9 Å². The highest BCUT2D eigenvalue weighted by Gasteiger charge is 2.28. The van der Waals surface area contributed by atoms with Crippen molar-refractivity contribution in [1.29, 1.82) is 0 Å².